The van der Waals surface area contributed by atoms with Crippen molar-refractivity contribution in [1.29, 1.82) is 0 Å². The molecule has 1 aromatic carbocycles. The van der Waals surface area contributed by atoms with Gasteiger partial charge < -0.3 is 4.74 Å². The predicted octanol–water partition coefficient (Wildman–Crippen LogP) is 2.14. The number of nitrogens with one attached hydrogen (secondary N) is 1. The number of benzene rings is 1. The Morgan fingerprint density at radius 3 is 2.88 bits per heavy atom. The third-order valence-corrected chi connectivity index (χ3v) is 3.78. The Morgan fingerprint density at radius 1 is 1.53 bits per heavy atom. The summed E-state index contributed by atoms with van der Waals surface area (Å²) in [5.41, 5.74) is 4.04. The van der Waals surface area contributed by atoms with Gasteiger partial charge in [-0.3, -0.25) is 11.3 Å². The first-order valence-corrected chi connectivity index (χ1v) is 6.39. The SMILES string of the molecule is CC1CC(C(Cc2ccccc2Cl)NN)CO1. The zero-order chi connectivity index (χ0) is 12.3. The Bertz CT molecular complexity index is 372. The van der Waals surface area contributed by atoms with Crippen LogP contribution in [0, 0.1) is 5.92 Å². The van der Waals surface area contributed by atoms with Gasteiger partial charge >= 0.3 is 0 Å². The maximum absolute atomic E-state index is 6.16. The van der Waals surface area contributed by atoms with Gasteiger partial charge in [0.2, 0.25) is 0 Å². The van der Waals surface area contributed by atoms with E-state index in [0.717, 1.165) is 30.0 Å². The Kier molecular flexibility index (Phi) is 4.40. The molecular weight excluding hydrogens is 236 g/mol. The number of rotatable bonds is 4. The zero-order valence-corrected chi connectivity index (χ0v) is 10.8. The van der Waals surface area contributed by atoms with Gasteiger partial charge in [-0.25, -0.2) is 0 Å². The fourth-order valence-corrected chi connectivity index (χ4v) is 2.61. The van der Waals surface area contributed by atoms with E-state index in [-0.39, 0.29) is 6.04 Å². The van der Waals surface area contributed by atoms with Gasteiger partial charge in [0.1, 0.15) is 0 Å². The molecule has 0 spiro atoms. The average molecular weight is 255 g/mol. The minimum atomic E-state index is 0.222. The summed E-state index contributed by atoms with van der Waals surface area (Å²) in [4.78, 5) is 0. The third kappa shape index (κ3) is 3.19. The monoisotopic (exact) mass is 254 g/mol. The number of hydrazine groups is 1. The van der Waals surface area contributed by atoms with Crippen molar-refractivity contribution >= 4 is 11.6 Å². The zero-order valence-electron chi connectivity index (χ0n) is 10.0. The summed E-state index contributed by atoms with van der Waals surface area (Å²) in [5.74, 6) is 6.11. The Morgan fingerprint density at radius 2 is 2.29 bits per heavy atom. The topological polar surface area (TPSA) is 47.3 Å². The summed E-state index contributed by atoms with van der Waals surface area (Å²) in [6.45, 7) is 2.88. The Hall–Kier alpha value is -0.610. The van der Waals surface area contributed by atoms with E-state index in [1.165, 1.54) is 0 Å². The molecule has 3 N–H and O–H groups in total. The van der Waals surface area contributed by atoms with Crippen LogP contribution in [0.4, 0.5) is 0 Å². The highest BCUT2D eigenvalue weighted by molar-refractivity contribution is 6.31. The summed E-state index contributed by atoms with van der Waals surface area (Å²) >= 11 is 6.16. The van der Waals surface area contributed by atoms with Crippen LogP contribution in [-0.4, -0.2) is 18.8 Å². The van der Waals surface area contributed by atoms with E-state index < -0.39 is 0 Å². The molecule has 0 saturated carbocycles. The van der Waals surface area contributed by atoms with Gasteiger partial charge in [0.05, 0.1) is 12.7 Å². The molecule has 3 atom stereocenters. The van der Waals surface area contributed by atoms with E-state index in [0.29, 0.717) is 12.0 Å². The first kappa shape index (κ1) is 12.8. The summed E-state index contributed by atoms with van der Waals surface area (Å²) in [6, 6.07) is 8.13. The number of ether oxygens (including phenoxy) is 1. The molecule has 1 saturated heterocycles. The Labute approximate surface area is 107 Å². The summed E-state index contributed by atoms with van der Waals surface area (Å²) in [5, 5.41) is 0.805. The molecule has 0 aromatic heterocycles. The lowest BCUT2D eigenvalue weighted by Gasteiger charge is -2.22. The van der Waals surface area contributed by atoms with E-state index >= 15 is 0 Å². The summed E-state index contributed by atoms with van der Waals surface area (Å²) < 4.78 is 5.59. The summed E-state index contributed by atoms with van der Waals surface area (Å²) in [7, 11) is 0. The maximum Gasteiger partial charge on any atom is 0.0551 e. The first-order chi connectivity index (χ1) is 8.20. The van der Waals surface area contributed by atoms with E-state index in [9.17, 15) is 0 Å². The fraction of sp³-hybridized carbons (Fsp3) is 0.538. The van der Waals surface area contributed by atoms with Crippen molar-refractivity contribution in [2.75, 3.05) is 6.61 Å². The molecule has 1 aromatic rings. The van der Waals surface area contributed by atoms with Crippen LogP contribution in [-0.2, 0) is 11.2 Å². The normalized spacial score (nSPS) is 26.1. The van der Waals surface area contributed by atoms with Gasteiger partial charge in [-0.2, -0.15) is 0 Å². The van der Waals surface area contributed by atoms with Gasteiger partial charge in [-0.15, -0.1) is 0 Å². The van der Waals surface area contributed by atoms with E-state index in [1.807, 2.05) is 24.3 Å². The lowest BCUT2D eigenvalue weighted by Crippen LogP contribution is -2.42. The molecule has 0 radical (unpaired) electrons. The van der Waals surface area contributed by atoms with Crippen LogP contribution in [0.3, 0.4) is 0 Å². The van der Waals surface area contributed by atoms with Crippen LogP contribution in [0.1, 0.15) is 18.9 Å². The highest BCUT2D eigenvalue weighted by Gasteiger charge is 2.29. The number of hydrogen-bond acceptors (Lipinski definition) is 3. The van der Waals surface area contributed by atoms with Crippen LogP contribution in [0.2, 0.25) is 5.02 Å². The molecule has 3 nitrogen and oxygen atoms in total. The number of halogens is 1. The van der Waals surface area contributed by atoms with E-state index in [1.54, 1.807) is 0 Å². The van der Waals surface area contributed by atoms with Gasteiger partial charge in [-0.05, 0) is 31.4 Å². The van der Waals surface area contributed by atoms with Gasteiger partial charge in [0.15, 0.2) is 0 Å². The number of hydrogen-bond donors (Lipinski definition) is 2. The molecule has 94 valence electrons. The molecule has 0 aliphatic carbocycles. The van der Waals surface area contributed by atoms with Crippen molar-refractivity contribution in [2.24, 2.45) is 11.8 Å². The number of nitrogens with two attached hydrogens (primary N) is 1. The van der Waals surface area contributed by atoms with Crippen molar-refractivity contribution in [3.63, 3.8) is 0 Å². The molecular formula is C13H19ClN2O. The van der Waals surface area contributed by atoms with Crippen LogP contribution in [0.15, 0.2) is 24.3 Å². The smallest absolute Gasteiger partial charge is 0.0551 e. The second kappa shape index (κ2) is 5.83. The molecule has 3 unspecified atom stereocenters. The van der Waals surface area contributed by atoms with E-state index in [4.69, 9.17) is 22.2 Å². The standard InChI is InChI=1S/C13H19ClN2O/c1-9-6-11(8-17-9)13(16-15)7-10-4-2-3-5-12(10)14/h2-5,9,11,13,16H,6-8,15H2,1H3. The van der Waals surface area contributed by atoms with Crippen molar-refractivity contribution in [1.82, 2.24) is 5.43 Å². The minimum absolute atomic E-state index is 0.222. The molecule has 1 heterocycles. The lowest BCUT2D eigenvalue weighted by molar-refractivity contribution is 0.117. The van der Waals surface area contributed by atoms with Crippen LogP contribution < -0.4 is 11.3 Å². The largest absolute Gasteiger partial charge is 0.378 e. The highest BCUT2D eigenvalue weighted by Crippen LogP contribution is 2.26. The average Bonchev–Trinajstić information content (AvgIpc) is 2.75. The highest BCUT2D eigenvalue weighted by atomic mass is 35.5. The molecule has 1 aliphatic heterocycles. The quantitative estimate of drug-likeness (QED) is 0.639. The van der Waals surface area contributed by atoms with Crippen molar-refractivity contribution < 1.29 is 4.74 Å². The predicted molar refractivity (Wildman–Crippen MR) is 69.8 cm³/mol. The second-order valence-electron chi connectivity index (χ2n) is 4.71. The van der Waals surface area contributed by atoms with Crippen LogP contribution >= 0.6 is 11.6 Å². The third-order valence-electron chi connectivity index (χ3n) is 3.41. The van der Waals surface area contributed by atoms with Gasteiger partial charge in [-0.1, -0.05) is 29.8 Å². The maximum atomic E-state index is 6.16. The molecule has 1 fully saturated rings. The van der Waals surface area contributed by atoms with E-state index in [2.05, 4.69) is 12.3 Å². The lowest BCUT2D eigenvalue weighted by atomic mass is 9.92. The van der Waals surface area contributed by atoms with Crippen LogP contribution in [0.25, 0.3) is 0 Å². The molecule has 0 bridgehead atoms. The van der Waals surface area contributed by atoms with Crippen molar-refractivity contribution in [3.8, 4) is 0 Å². The minimum Gasteiger partial charge on any atom is -0.378 e. The van der Waals surface area contributed by atoms with Gasteiger partial charge in [0, 0.05) is 17.0 Å². The fourth-order valence-electron chi connectivity index (χ4n) is 2.39. The molecule has 0 amide bonds. The first-order valence-electron chi connectivity index (χ1n) is 6.02. The van der Waals surface area contributed by atoms with Crippen LogP contribution in [0.5, 0.6) is 0 Å². The molecule has 17 heavy (non-hydrogen) atoms. The molecule has 1 aliphatic rings. The van der Waals surface area contributed by atoms with Crippen molar-refractivity contribution in [3.05, 3.63) is 34.9 Å². The molecule has 2 rings (SSSR count). The molecule has 4 heteroatoms. The summed E-state index contributed by atoms with van der Waals surface area (Å²) in [6.07, 6.45) is 2.23. The van der Waals surface area contributed by atoms with Crippen molar-refractivity contribution in [2.45, 2.75) is 31.9 Å². The Balaban J connectivity index is 2.03. The van der Waals surface area contributed by atoms with Gasteiger partial charge in [0.25, 0.3) is 0 Å². The second-order valence-corrected chi connectivity index (χ2v) is 5.12.